The Morgan fingerprint density at radius 1 is 1.10 bits per heavy atom. The first-order valence-corrected chi connectivity index (χ1v) is 6.22. The summed E-state index contributed by atoms with van der Waals surface area (Å²) in [5, 5.41) is 0. The van der Waals surface area contributed by atoms with Gasteiger partial charge in [-0.05, 0) is 25.5 Å². The number of benzene rings is 1. The van der Waals surface area contributed by atoms with Crippen molar-refractivity contribution >= 4 is 5.82 Å². The summed E-state index contributed by atoms with van der Waals surface area (Å²) in [5.74, 6) is -3.26. The smallest absolute Gasteiger partial charge is 0.194 e. The van der Waals surface area contributed by atoms with Crippen molar-refractivity contribution in [3.8, 4) is 11.3 Å². The molecule has 0 amide bonds. The van der Waals surface area contributed by atoms with Gasteiger partial charge in [0, 0.05) is 17.5 Å². The Morgan fingerprint density at radius 3 is 2.25 bits per heavy atom. The van der Waals surface area contributed by atoms with Crippen LogP contribution in [0.2, 0.25) is 0 Å². The lowest BCUT2D eigenvalue weighted by atomic mass is 10.1. The van der Waals surface area contributed by atoms with Crippen LogP contribution in [0.1, 0.15) is 24.7 Å². The molecule has 106 valence electrons. The van der Waals surface area contributed by atoms with Crippen LogP contribution in [-0.4, -0.2) is 9.97 Å². The van der Waals surface area contributed by atoms with E-state index in [1.165, 1.54) is 0 Å². The van der Waals surface area contributed by atoms with Crippen LogP contribution in [0.25, 0.3) is 11.3 Å². The van der Waals surface area contributed by atoms with E-state index >= 15 is 0 Å². The van der Waals surface area contributed by atoms with Crippen LogP contribution in [0.4, 0.5) is 19.0 Å². The quantitative estimate of drug-likeness (QED) is 0.877. The van der Waals surface area contributed by atoms with Gasteiger partial charge in [-0.3, -0.25) is 0 Å². The molecule has 0 spiro atoms. The highest BCUT2D eigenvalue weighted by Crippen LogP contribution is 2.27. The van der Waals surface area contributed by atoms with E-state index in [0.717, 1.165) is 18.6 Å². The van der Waals surface area contributed by atoms with Gasteiger partial charge in [-0.15, -0.1) is 0 Å². The van der Waals surface area contributed by atoms with Crippen molar-refractivity contribution in [2.75, 3.05) is 5.73 Å². The number of aromatic nitrogens is 2. The van der Waals surface area contributed by atoms with Gasteiger partial charge < -0.3 is 5.73 Å². The minimum absolute atomic E-state index is 0.144. The molecular formula is C14H14F3N3. The summed E-state index contributed by atoms with van der Waals surface area (Å²) >= 11 is 0. The van der Waals surface area contributed by atoms with Crippen LogP contribution >= 0.6 is 0 Å². The first kappa shape index (κ1) is 14.3. The molecule has 0 saturated carbocycles. The Morgan fingerprint density at radius 2 is 1.70 bits per heavy atom. The first-order valence-electron chi connectivity index (χ1n) is 6.22. The van der Waals surface area contributed by atoms with Gasteiger partial charge in [0.25, 0.3) is 0 Å². The highest BCUT2D eigenvalue weighted by Gasteiger charge is 2.16. The number of hydrogen-bond acceptors (Lipinski definition) is 3. The van der Waals surface area contributed by atoms with Crippen LogP contribution in [-0.2, 0) is 6.42 Å². The second-order valence-corrected chi connectivity index (χ2v) is 4.50. The van der Waals surface area contributed by atoms with E-state index in [-0.39, 0.29) is 11.4 Å². The van der Waals surface area contributed by atoms with Crippen molar-refractivity contribution < 1.29 is 13.2 Å². The average Bonchev–Trinajstić information content (AvgIpc) is 2.39. The van der Waals surface area contributed by atoms with E-state index < -0.39 is 17.5 Å². The fourth-order valence-corrected chi connectivity index (χ4v) is 1.89. The molecule has 0 aliphatic heterocycles. The number of rotatable bonds is 3. The fraction of sp³-hybridized carbons (Fsp3) is 0.286. The van der Waals surface area contributed by atoms with Gasteiger partial charge in [-0.25, -0.2) is 23.1 Å². The van der Waals surface area contributed by atoms with E-state index in [1.54, 1.807) is 6.92 Å². The van der Waals surface area contributed by atoms with Gasteiger partial charge in [-0.1, -0.05) is 6.92 Å². The number of hydrogen-bond donors (Lipinski definition) is 1. The summed E-state index contributed by atoms with van der Waals surface area (Å²) < 4.78 is 39.6. The number of anilines is 1. The van der Waals surface area contributed by atoms with E-state index in [0.29, 0.717) is 23.5 Å². The number of nitrogens with zero attached hydrogens (tertiary/aromatic N) is 2. The van der Waals surface area contributed by atoms with Gasteiger partial charge in [0.1, 0.15) is 11.6 Å². The third-order valence-electron chi connectivity index (χ3n) is 2.96. The highest BCUT2D eigenvalue weighted by molar-refractivity contribution is 5.67. The second kappa shape index (κ2) is 5.48. The third-order valence-corrected chi connectivity index (χ3v) is 2.96. The average molecular weight is 281 g/mol. The maximum absolute atomic E-state index is 13.3. The molecule has 20 heavy (non-hydrogen) atoms. The van der Waals surface area contributed by atoms with Crippen molar-refractivity contribution in [1.82, 2.24) is 9.97 Å². The Kier molecular flexibility index (Phi) is 3.92. The van der Waals surface area contributed by atoms with Crippen molar-refractivity contribution in [1.29, 1.82) is 0 Å². The van der Waals surface area contributed by atoms with Gasteiger partial charge in [0.2, 0.25) is 0 Å². The highest BCUT2D eigenvalue weighted by atomic mass is 19.2. The SMILES string of the molecule is CCCc1nc(N)c(C)c(-c2cc(F)c(F)c(F)c2)n1. The maximum atomic E-state index is 13.3. The number of nitrogen functional groups attached to an aromatic ring is 1. The molecule has 0 aliphatic carbocycles. The summed E-state index contributed by atoms with van der Waals surface area (Å²) in [6.45, 7) is 3.61. The lowest BCUT2D eigenvalue weighted by molar-refractivity contribution is 0.447. The van der Waals surface area contributed by atoms with Crippen LogP contribution in [0, 0.1) is 24.4 Å². The molecule has 6 heteroatoms. The van der Waals surface area contributed by atoms with Crippen molar-refractivity contribution in [2.45, 2.75) is 26.7 Å². The van der Waals surface area contributed by atoms with Crippen LogP contribution in [0.15, 0.2) is 12.1 Å². The largest absolute Gasteiger partial charge is 0.383 e. The third kappa shape index (κ3) is 2.59. The maximum Gasteiger partial charge on any atom is 0.194 e. The minimum atomic E-state index is -1.50. The molecule has 3 nitrogen and oxygen atoms in total. The van der Waals surface area contributed by atoms with Crippen molar-refractivity contribution in [2.24, 2.45) is 0 Å². The molecule has 2 aromatic rings. The van der Waals surface area contributed by atoms with Crippen LogP contribution in [0.5, 0.6) is 0 Å². The van der Waals surface area contributed by atoms with Crippen molar-refractivity contribution in [3.05, 3.63) is 41.0 Å². The summed E-state index contributed by atoms with van der Waals surface area (Å²) in [7, 11) is 0. The van der Waals surface area contributed by atoms with Crippen molar-refractivity contribution in [3.63, 3.8) is 0 Å². The predicted molar refractivity (Wildman–Crippen MR) is 70.5 cm³/mol. The molecular weight excluding hydrogens is 267 g/mol. The second-order valence-electron chi connectivity index (χ2n) is 4.50. The Hall–Kier alpha value is -2.11. The molecule has 2 N–H and O–H groups in total. The lowest BCUT2D eigenvalue weighted by Gasteiger charge is -2.10. The first-order chi connectivity index (χ1) is 9.43. The molecule has 1 heterocycles. The lowest BCUT2D eigenvalue weighted by Crippen LogP contribution is -2.05. The monoisotopic (exact) mass is 281 g/mol. The Bertz CT molecular complexity index is 633. The Labute approximate surface area is 114 Å². The summed E-state index contributed by atoms with van der Waals surface area (Å²) in [6.07, 6.45) is 1.41. The molecule has 1 aromatic carbocycles. The molecule has 0 bridgehead atoms. The molecule has 0 saturated heterocycles. The number of nitrogens with two attached hydrogens (primary N) is 1. The summed E-state index contributed by atoms with van der Waals surface area (Å²) in [6, 6.07) is 1.81. The zero-order valence-corrected chi connectivity index (χ0v) is 11.2. The van der Waals surface area contributed by atoms with E-state index in [4.69, 9.17) is 5.73 Å². The molecule has 0 aliphatic rings. The topological polar surface area (TPSA) is 51.8 Å². The van der Waals surface area contributed by atoms with Gasteiger partial charge in [-0.2, -0.15) is 0 Å². The molecule has 0 atom stereocenters. The van der Waals surface area contributed by atoms with Crippen LogP contribution in [0.3, 0.4) is 0 Å². The van der Waals surface area contributed by atoms with E-state index in [1.807, 2.05) is 6.92 Å². The van der Waals surface area contributed by atoms with Gasteiger partial charge in [0.05, 0.1) is 5.69 Å². The van der Waals surface area contributed by atoms with Gasteiger partial charge >= 0.3 is 0 Å². The molecule has 0 unspecified atom stereocenters. The van der Waals surface area contributed by atoms with Gasteiger partial charge in [0.15, 0.2) is 17.5 Å². The minimum Gasteiger partial charge on any atom is -0.383 e. The summed E-state index contributed by atoms with van der Waals surface area (Å²) in [4.78, 5) is 8.37. The summed E-state index contributed by atoms with van der Waals surface area (Å²) in [5.41, 5.74) is 6.75. The number of halogens is 3. The van der Waals surface area contributed by atoms with E-state index in [9.17, 15) is 13.2 Å². The molecule has 0 radical (unpaired) electrons. The normalized spacial score (nSPS) is 10.8. The standard InChI is InChI=1S/C14H14F3N3/c1-3-4-11-19-13(7(2)14(18)20-11)8-5-9(15)12(17)10(16)6-8/h5-6H,3-4H2,1-2H3,(H2,18,19,20). The zero-order chi connectivity index (χ0) is 14.9. The Balaban J connectivity index is 2.62. The fourth-order valence-electron chi connectivity index (χ4n) is 1.89. The molecule has 0 fully saturated rings. The van der Waals surface area contributed by atoms with E-state index in [2.05, 4.69) is 9.97 Å². The predicted octanol–water partition coefficient (Wildman–Crippen LogP) is 3.40. The zero-order valence-electron chi connectivity index (χ0n) is 11.2. The molecule has 1 aromatic heterocycles. The molecule has 2 rings (SSSR count). The number of aryl methyl sites for hydroxylation is 1. The van der Waals surface area contributed by atoms with Crippen LogP contribution < -0.4 is 5.73 Å².